The van der Waals surface area contributed by atoms with Gasteiger partial charge in [0.25, 0.3) is 5.91 Å². The van der Waals surface area contributed by atoms with Gasteiger partial charge in [-0.3, -0.25) is 9.78 Å². The van der Waals surface area contributed by atoms with Crippen LogP contribution < -0.4 is 4.90 Å². The van der Waals surface area contributed by atoms with E-state index < -0.39 is 0 Å². The number of carbonyl (C=O) groups is 1. The van der Waals surface area contributed by atoms with Crippen LogP contribution in [0.1, 0.15) is 16.1 Å². The van der Waals surface area contributed by atoms with Crippen LogP contribution in [0.5, 0.6) is 0 Å². The second-order valence-corrected chi connectivity index (χ2v) is 5.16. The highest BCUT2D eigenvalue weighted by Gasteiger charge is 2.22. The number of rotatable bonds is 2. The third kappa shape index (κ3) is 3.02. The number of carbonyl (C=O) groups excluding carboxylic acids is 1. The second-order valence-electron chi connectivity index (χ2n) is 5.16. The van der Waals surface area contributed by atoms with Crippen molar-refractivity contribution in [3.63, 3.8) is 0 Å². The fraction of sp³-hybridized carbons (Fsp3) is 0.312. The number of benzene rings is 1. The Hall–Kier alpha value is -2.43. The molecule has 1 amide bonds. The van der Waals surface area contributed by atoms with Crippen LogP contribution in [-0.4, -0.2) is 47.0 Å². The number of hydrogen-bond acceptors (Lipinski definition) is 4. The van der Waals surface area contributed by atoms with E-state index in [9.17, 15) is 4.79 Å². The fourth-order valence-electron chi connectivity index (χ4n) is 2.50. The molecule has 1 aromatic heterocycles. The number of amides is 1. The van der Waals surface area contributed by atoms with Crippen molar-refractivity contribution in [3.8, 4) is 0 Å². The summed E-state index contributed by atoms with van der Waals surface area (Å²) in [7, 11) is 0. The number of aryl methyl sites for hydroxylation is 1. The maximum absolute atomic E-state index is 12.4. The van der Waals surface area contributed by atoms with Gasteiger partial charge in [0.05, 0.1) is 11.9 Å². The third-order valence-corrected chi connectivity index (χ3v) is 3.65. The van der Waals surface area contributed by atoms with E-state index in [0.29, 0.717) is 13.1 Å². The van der Waals surface area contributed by atoms with Crippen LogP contribution in [0.15, 0.2) is 42.7 Å². The van der Waals surface area contributed by atoms with Crippen molar-refractivity contribution in [2.24, 2.45) is 0 Å². The molecule has 2 heterocycles. The van der Waals surface area contributed by atoms with Gasteiger partial charge in [0, 0.05) is 37.9 Å². The first kappa shape index (κ1) is 13.5. The lowest BCUT2D eigenvalue weighted by Crippen LogP contribution is -2.49. The first-order valence-electron chi connectivity index (χ1n) is 7.12. The van der Waals surface area contributed by atoms with Gasteiger partial charge < -0.3 is 9.80 Å². The zero-order chi connectivity index (χ0) is 14.7. The Morgan fingerprint density at radius 1 is 1.05 bits per heavy atom. The van der Waals surface area contributed by atoms with Crippen LogP contribution in [0.3, 0.4) is 0 Å². The van der Waals surface area contributed by atoms with Gasteiger partial charge in [-0.2, -0.15) is 0 Å². The molecule has 0 saturated carbocycles. The number of nitrogens with zero attached hydrogens (tertiary/aromatic N) is 4. The summed E-state index contributed by atoms with van der Waals surface area (Å²) in [5.41, 5.74) is 1.66. The summed E-state index contributed by atoms with van der Waals surface area (Å²) in [6.45, 7) is 4.94. The highest BCUT2D eigenvalue weighted by Crippen LogP contribution is 2.14. The van der Waals surface area contributed by atoms with E-state index in [1.807, 2.05) is 42.2 Å². The molecular weight excluding hydrogens is 264 g/mol. The van der Waals surface area contributed by atoms with Crippen LogP contribution in [0.25, 0.3) is 0 Å². The lowest BCUT2D eigenvalue weighted by atomic mass is 10.2. The van der Waals surface area contributed by atoms with Crippen molar-refractivity contribution in [1.29, 1.82) is 0 Å². The van der Waals surface area contributed by atoms with Crippen molar-refractivity contribution in [3.05, 3.63) is 54.0 Å². The van der Waals surface area contributed by atoms with E-state index in [1.165, 1.54) is 0 Å². The lowest BCUT2D eigenvalue weighted by Gasteiger charge is -2.35. The molecule has 0 atom stereocenters. The molecule has 0 N–H and O–H groups in total. The number of hydrogen-bond donors (Lipinski definition) is 0. The van der Waals surface area contributed by atoms with E-state index in [1.54, 1.807) is 12.4 Å². The van der Waals surface area contributed by atoms with Gasteiger partial charge in [0.1, 0.15) is 5.82 Å². The second kappa shape index (κ2) is 5.91. The minimum Gasteiger partial charge on any atom is -0.352 e. The summed E-state index contributed by atoms with van der Waals surface area (Å²) < 4.78 is 0. The van der Waals surface area contributed by atoms with E-state index >= 15 is 0 Å². The van der Waals surface area contributed by atoms with Gasteiger partial charge in [-0.15, -0.1) is 0 Å². The molecule has 5 nitrogen and oxygen atoms in total. The number of piperazine rings is 1. The minimum atomic E-state index is 0.102. The van der Waals surface area contributed by atoms with E-state index in [0.717, 1.165) is 30.2 Å². The van der Waals surface area contributed by atoms with Gasteiger partial charge in [-0.25, -0.2) is 4.98 Å². The van der Waals surface area contributed by atoms with Crippen molar-refractivity contribution in [2.45, 2.75) is 6.92 Å². The molecule has 0 unspecified atom stereocenters. The molecule has 0 aliphatic carbocycles. The molecule has 1 fully saturated rings. The van der Waals surface area contributed by atoms with E-state index in [-0.39, 0.29) is 5.91 Å². The van der Waals surface area contributed by atoms with Gasteiger partial charge >= 0.3 is 0 Å². The van der Waals surface area contributed by atoms with Crippen LogP contribution >= 0.6 is 0 Å². The Bertz CT molecular complexity index is 621. The summed E-state index contributed by atoms with van der Waals surface area (Å²) in [5, 5.41) is 0. The normalized spacial score (nSPS) is 15.1. The maximum Gasteiger partial charge on any atom is 0.253 e. The first-order valence-corrected chi connectivity index (χ1v) is 7.12. The summed E-state index contributed by atoms with van der Waals surface area (Å²) in [5.74, 6) is 0.993. The van der Waals surface area contributed by atoms with Gasteiger partial charge in [0.2, 0.25) is 0 Å². The summed E-state index contributed by atoms with van der Waals surface area (Å²) in [6, 6.07) is 9.43. The lowest BCUT2D eigenvalue weighted by molar-refractivity contribution is 0.0746. The standard InChI is InChI=1S/C16H18N4O/c1-13-11-17-12-15(18-13)19-7-9-20(10-8-19)16(21)14-5-3-2-4-6-14/h2-6,11-12H,7-10H2,1H3. The Kier molecular flexibility index (Phi) is 3.81. The number of anilines is 1. The average molecular weight is 282 g/mol. The molecule has 2 aromatic rings. The predicted octanol–water partition coefficient (Wildman–Crippen LogP) is 1.75. The Morgan fingerprint density at radius 2 is 1.76 bits per heavy atom. The average Bonchev–Trinajstić information content (AvgIpc) is 2.55. The monoisotopic (exact) mass is 282 g/mol. The molecular formula is C16H18N4O. The van der Waals surface area contributed by atoms with Crippen molar-refractivity contribution < 1.29 is 4.79 Å². The zero-order valence-electron chi connectivity index (χ0n) is 12.1. The van der Waals surface area contributed by atoms with Crippen LogP contribution in [-0.2, 0) is 0 Å². The van der Waals surface area contributed by atoms with E-state index in [4.69, 9.17) is 0 Å². The van der Waals surface area contributed by atoms with Crippen LogP contribution in [0.2, 0.25) is 0 Å². The minimum absolute atomic E-state index is 0.102. The Labute approximate surface area is 124 Å². The largest absolute Gasteiger partial charge is 0.352 e. The van der Waals surface area contributed by atoms with Crippen molar-refractivity contribution in [2.75, 3.05) is 31.1 Å². The molecule has 3 rings (SSSR count). The molecule has 21 heavy (non-hydrogen) atoms. The van der Waals surface area contributed by atoms with Crippen LogP contribution in [0.4, 0.5) is 5.82 Å². The molecule has 1 aromatic carbocycles. The van der Waals surface area contributed by atoms with Crippen molar-refractivity contribution in [1.82, 2.24) is 14.9 Å². The maximum atomic E-state index is 12.4. The molecule has 1 saturated heterocycles. The summed E-state index contributed by atoms with van der Waals surface area (Å²) in [4.78, 5) is 25.1. The molecule has 1 aliphatic rings. The van der Waals surface area contributed by atoms with Gasteiger partial charge in [-0.05, 0) is 19.1 Å². The molecule has 1 aliphatic heterocycles. The Balaban J connectivity index is 1.64. The van der Waals surface area contributed by atoms with Crippen molar-refractivity contribution >= 4 is 11.7 Å². The highest BCUT2D eigenvalue weighted by molar-refractivity contribution is 5.94. The first-order chi connectivity index (χ1) is 10.2. The van der Waals surface area contributed by atoms with Gasteiger partial charge in [-0.1, -0.05) is 18.2 Å². The highest BCUT2D eigenvalue weighted by atomic mass is 16.2. The molecule has 0 bridgehead atoms. The topological polar surface area (TPSA) is 49.3 Å². The zero-order valence-corrected chi connectivity index (χ0v) is 12.1. The number of aromatic nitrogens is 2. The fourth-order valence-corrected chi connectivity index (χ4v) is 2.50. The van der Waals surface area contributed by atoms with Gasteiger partial charge in [0.15, 0.2) is 0 Å². The molecule has 108 valence electrons. The summed E-state index contributed by atoms with van der Waals surface area (Å²) in [6.07, 6.45) is 3.53. The quantitative estimate of drug-likeness (QED) is 0.842. The van der Waals surface area contributed by atoms with E-state index in [2.05, 4.69) is 14.9 Å². The summed E-state index contributed by atoms with van der Waals surface area (Å²) >= 11 is 0. The SMILES string of the molecule is Cc1cncc(N2CCN(C(=O)c3ccccc3)CC2)n1. The van der Waals surface area contributed by atoms with Crippen LogP contribution in [0, 0.1) is 6.92 Å². The Morgan fingerprint density at radius 3 is 2.43 bits per heavy atom. The molecule has 0 spiro atoms. The smallest absolute Gasteiger partial charge is 0.253 e. The molecule has 0 radical (unpaired) electrons. The molecule has 5 heteroatoms. The third-order valence-electron chi connectivity index (χ3n) is 3.65. The predicted molar refractivity (Wildman–Crippen MR) is 81.3 cm³/mol.